The van der Waals surface area contributed by atoms with E-state index in [-0.39, 0.29) is 5.91 Å². The van der Waals surface area contributed by atoms with Crippen LogP contribution >= 0.6 is 0 Å². The minimum absolute atomic E-state index is 0.00107. The minimum Gasteiger partial charge on any atom is -0.487 e. The molecule has 0 spiro atoms. The molecule has 1 heterocycles. The average Bonchev–Trinajstić information content (AvgIpc) is 2.76. The van der Waals surface area contributed by atoms with Crippen molar-refractivity contribution in [2.45, 2.75) is 26.5 Å². The average molecular weight is 389 g/mol. The lowest BCUT2D eigenvalue weighted by atomic mass is 10.1. The standard InChI is InChI=1S/C24H27N3O2/c1-19-11-12-23(16-26-19)29-18-21-9-5-10-22(15-21)24(28)27(14-6-13-25)17-20-7-3-2-4-8-20/h2-5,7-12,15-16H,6,13-14,17-18,25H2,1H3. The molecular formula is C24H27N3O2. The van der Waals surface area contributed by atoms with Crippen LogP contribution in [0.15, 0.2) is 72.9 Å². The number of aryl methyl sites for hydroxylation is 1. The lowest BCUT2D eigenvalue weighted by molar-refractivity contribution is 0.0742. The fourth-order valence-electron chi connectivity index (χ4n) is 3.02. The van der Waals surface area contributed by atoms with Crippen molar-refractivity contribution in [3.63, 3.8) is 0 Å². The Morgan fingerprint density at radius 1 is 1.03 bits per heavy atom. The first-order valence-corrected chi connectivity index (χ1v) is 9.83. The summed E-state index contributed by atoms with van der Waals surface area (Å²) in [6, 6.07) is 21.4. The second-order valence-electron chi connectivity index (χ2n) is 6.98. The van der Waals surface area contributed by atoms with Crippen LogP contribution in [0.2, 0.25) is 0 Å². The number of ether oxygens (including phenoxy) is 1. The number of aromatic nitrogens is 1. The smallest absolute Gasteiger partial charge is 0.254 e. The number of benzene rings is 2. The largest absolute Gasteiger partial charge is 0.487 e. The van der Waals surface area contributed by atoms with Crippen LogP contribution in [0.3, 0.4) is 0 Å². The third-order valence-electron chi connectivity index (χ3n) is 4.60. The second kappa shape index (κ2) is 10.4. The summed E-state index contributed by atoms with van der Waals surface area (Å²) in [5, 5.41) is 0. The Bertz CT molecular complexity index is 911. The van der Waals surface area contributed by atoms with Crippen molar-refractivity contribution in [3.8, 4) is 5.75 Å². The van der Waals surface area contributed by atoms with E-state index in [2.05, 4.69) is 4.98 Å². The summed E-state index contributed by atoms with van der Waals surface area (Å²) in [6.07, 6.45) is 2.47. The van der Waals surface area contributed by atoms with E-state index in [0.29, 0.717) is 37.6 Å². The van der Waals surface area contributed by atoms with Gasteiger partial charge in [-0.05, 0) is 55.3 Å². The van der Waals surface area contributed by atoms with Gasteiger partial charge in [0.15, 0.2) is 0 Å². The van der Waals surface area contributed by atoms with Crippen molar-refractivity contribution in [1.82, 2.24) is 9.88 Å². The molecule has 0 saturated heterocycles. The molecule has 1 amide bonds. The molecule has 0 radical (unpaired) electrons. The summed E-state index contributed by atoms with van der Waals surface area (Å²) in [5.41, 5.74) is 9.32. The van der Waals surface area contributed by atoms with Crippen LogP contribution in [-0.4, -0.2) is 28.9 Å². The van der Waals surface area contributed by atoms with Gasteiger partial charge >= 0.3 is 0 Å². The fourth-order valence-corrected chi connectivity index (χ4v) is 3.02. The van der Waals surface area contributed by atoms with E-state index >= 15 is 0 Å². The Balaban J connectivity index is 1.70. The molecule has 2 aromatic carbocycles. The molecule has 0 aliphatic rings. The predicted molar refractivity (Wildman–Crippen MR) is 115 cm³/mol. The van der Waals surface area contributed by atoms with Crippen molar-refractivity contribution < 1.29 is 9.53 Å². The van der Waals surface area contributed by atoms with Crippen LogP contribution in [-0.2, 0) is 13.2 Å². The zero-order valence-electron chi connectivity index (χ0n) is 16.8. The highest BCUT2D eigenvalue weighted by Crippen LogP contribution is 2.15. The number of nitrogens with zero attached hydrogens (tertiary/aromatic N) is 2. The monoisotopic (exact) mass is 389 g/mol. The number of amides is 1. The van der Waals surface area contributed by atoms with E-state index in [0.717, 1.165) is 23.2 Å². The van der Waals surface area contributed by atoms with Gasteiger partial charge in [0, 0.05) is 24.3 Å². The first kappa shape index (κ1) is 20.6. The molecular weight excluding hydrogens is 362 g/mol. The van der Waals surface area contributed by atoms with Crippen LogP contribution in [0.25, 0.3) is 0 Å². The highest BCUT2D eigenvalue weighted by Gasteiger charge is 2.16. The Morgan fingerprint density at radius 2 is 1.83 bits per heavy atom. The normalized spacial score (nSPS) is 10.6. The van der Waals surface area contributed by atoms with Crippen molar-refractivity contribution in [1.29, 1.82) is 0 Å². The summed E-state index contributed by atoms with van der Waals surface area (Å²) < 4.78 is 5.80. The van der Waals surface area contributed by atoms with E-state index in [1.807, 2.05) is 78.6 Å². The molecule has 0 aliphatic carbocycles. The minimum atomic E-state index is 0.00107. The number of carbonyl (C=O) groups is 1. The summed E-state index contributed by atoms with van der Waals surface area (Å²) in [7, 11) is 0. The number of hydrogen-bond acceptors (Lipinski definition) is 4. The molecule has 5 heteroatoms. The van der Waals surface area contributed by atoms with E-state index in [9.17, 15) is 4.79 Å². The van der Waals surface area contributed by atoms with Crippen molar-refractivity contribution >= 4 is 5.91 Å². The van der Waals surface area contributed by atoms with Crippen LogP contribution in [0.5, 0.6) is 5.75 Å². The van der Waals surface area contributed by atoms with Crippen LogP contribution in [0.4, 0.5) is 0 Å². The van der Waals surface area contributed by atoms with Gasteiger partial charge < -0.3 is 15.4 Å². The summed E-state index contributed by atoms with van der Waals surface area (Å²) in [5.74, 6) is 0.710. The number of hydrogen-bond donors (Lipinski definition) is 1. The molecule has 1 aromatic heterocycles. The summed E-state index contributed by atoms with van der Waals surface area (Å²) >= 11 is 0. The number of carbonyl (C=O) groups excluding carboxylic acids is 1. The predicted octanol–water partition coefficient (Wildman–Crippen LogP) is 3.96. The number of pyridine rings is 1. The summed E-state index contributed by atoms with van der Waals surface area (Å²) in [4.78, 5) is 19.2. The Labute approximate surface area is 172 Å². The first-order chi connectivity index (χ1) is 14.2. The molecule has 0 unspecified atom stereocenters. The van der Waals surface area contributed by atoms with Gasteiger partial charge in [0.2, 0.25) is 0 Å². The van der Waals surface area contributed by atoms with Gasteiger partial charge in [-0.2, -0.15) is 0 Å². The van der Waals surface area contributed by atoms with Gasteiger partial charge in [-0.1, -0.05) is 42.5 Å². The van der Waals surface area contributed by atoms with Gasteiger partial charge in [0.25, 0.3) is 5.91 Å². The Morgan fingerprint density at radius 3 is 2.55 bits per heavy atom. The molecule has 3 rings (SSSR count). The second-order valence-corrected chi connectivity index (χ2v) is 6.98. The lowest BCUT2D eigenvalue weighted by Gasteiger charge is -2.23. The molecule has 0 fully saturated rings. The third-order valence-corrected chi connectivity index (χ3v) is 4.60. The van der Waals surface area contributed by atoms with E-state index in [4.69, 9.17) is 10.5 Å². The summed E-state index contributed by atoms with van der Waals surface area (Å²) in [6.45, 7) is 4.06. The number of nitrogens with two attached hydrogens (primary N) is 1. The van der Waals surface area contributed by atoms with Crippen molar-refractivity contribution in [2.24, 2.45) is 5.73 Å². The fraction of sp³-hybridized carbons (Fsp3) is 0.250. The Kier molecular flexibility index (Phi) is 7.36. The molecule has 0 aliphatic heterocycles. The van der Waals surface area contributed by atoms with Gasteiger partial charge in [0.05, 0.1) is 6.20 Å². The van der Waals surface area contributed by atoms with Gasteiger partial charge in [-0.25, -0.2) is 0 Å². The zero-order chi connectivity index (χ0) is 20.5. The van der Waals surface area contributed by atoms with Gasteiger partial charge in [-0.15, -0.1) is 0 Å². The number of rotatable bonds is 9. The first-order valence-electron chi connectivity index (χ1n) is 9.83. The molecule has 0 bridgehead atoms. The third kappa shape index (κ3) is 6.16. The molecule has 3 aromatic rings. The molecule has 2 N–H and O–H groups in total. The van der Waals surface area contributed by atoms with Crippen LogP contribution < -0.4 is 10.5 Å². The van der Waals surface area contributed by atoms with E-state index in [1.54, 1.807) is 6.20 Å². The van der Waals surface area contributed by atoms with Gasteiger partial charge in [0.1, 0.15) is 12.4 Å². The molecule has 29 heavy (non-hydrogen) atoms. The topological polar surface area (TPSA) is 68.5 Å². The maximum Gasteiger partial charge on any atom is 0.254 e. The lowest BCUT2D eigenvalue weighted by Crippen LogP contribution is -2.32. The van der Waals surface area contributed by atoms with Crippen LogP contribution in [0, 0.1) is 6.92 Å². The molecule has 0 saturated carbocycles. The quantitative estimate of drug-likeness (QED) is 0.601. The zero-order valence-corrected chi connectivity index (χ0v) is 16.8. The molecule has 150 valence electrons. The van der Waals surface area contributed by atoms with Crippen molar-refractivity contribution in [3.05, 3.63) is 95.3 Å². The van der Waals surface area contributed by atoms with Gasteiger partial charge in [-0.3, -0.25) is 9.78 Å². The van der Waals surface area contributed by atoms with Crippen LogP contribution in [0.1, 0.15) is 33.6 Å². The highest BCUT2D eigenvalue weighted by atomic mass is 16.5. The molecule has 5 nitrogen and oxygen atoms in total. The Hall–Kier alpha value is -3.18. The van der Waals surface area contributed by atoms with E-state index in [1.165, 1.54) is 0 Å². The van der Waals surface area contributed by atoms with Crippen molar-refractivity contribution in [2.75, 3.05) is 13.1 Å². The van der Waals surface area contributed by atoms with E-state index < -0.39 is 0 Å². The highest BCUT2D eigenvalue weighted by molar-refractivity contribution is 5.94. The molecule has 0 atom stereocenters. The maximum absolute atomic E-state index is 13.2. The SMILES string of the molecule is Cc1ccc(OCc2cccc(C(=O)N(CCCN)Cc3ccccc3)c2)cn1. The maximum atomic E-state index is 13.2.